The molecule has 4 aromatic rings. The first-order valence-corrected chi connectivity index (χ1v) is 19.9. The number of pyridine rings is 1. The number of aryl methyl sites for hydroxylation is 1. The van der Waals surface area contributed by atoms with Gasteiger partial charge in [0.25, 0.3) is 5.91 Å². The average Bonchev–Trinajstić information content (AvgIpc) is 3.42. The normalized spacial score (nSPS) is 25.1. The number of esters is 1. The lowest BCUT2D eigenvalue weighted by atomic mass is 9.84. The number of fused-ring (bicyclic) bond motifs is 6. The fraction of sp³-hybridized carbons (Fsp3) is 0.537. The summed E-state index contributed by atoms with van der Waals surface area (Å²) < 4.78 is 14.3. The molecule has 0 radical (unpaired) electrons. The van der Waals surface area contributed by atoms with Gasteiger partial charge in [-0.1, -0.05) is 40.7 Å². The summed E-state index contributed by atoms with van der Waals surface area (Å²) in [5, 5.41) is 8.47. The van der Waals surface area contributed by atoms with Crippen molar-refractivity contribution in [3.63, 3.8) is 0 Å². The third-order valence-corrected chi connectivity index (χ3v) is 12.3. The van der Waals surface area contributed by atoms with Gasteiger partial charge >= 0.3 is 5.97 Å². The van der Waals surface area contributed by atoms with Crippen LogP contribution in [0.2, 0.25) is 0 Å². The second-order valence-electron chi connectivity index (χ2n) is 15.9. The van der Waals surface area contributed by atoms with Crippen LogP contribution in [0.25, 0.3) is 33.4 Å². The zero-order valence-corrected chi connectivity index (χ0v) is 32.7. The first-order valence-electron chi connectivity index (χ1n) is 19.0. The Morgan fingerprint density at radius 1 is 1.21 bits per heavy atom. The predicted octanol–water partition coefficient (Wildman–Crippen LogP) is 6.49. The first-order chi connectivity index (χ1) is 25.4. The Labute approximate surface area is 315 Å². The lowest BCUT2D eigenvalue weighted by Gasteiger charge is -2.35. The molecular weight excluding hydrogens is 689 g/mol. The topological polar surface area (TPSA) is 128 Å². The number of hydrazine groups is 1. The van der Waals surface area contributed by atoms with Crippen LogP contribution < -0.4 is 10.7 Å². The molecule has 5 heterocycles. The molecular formula is C41H52N6O5S. The van der Waals surface area contributed by atoms with Crippen molar-refractivity contribution in [1.82, 2.24) is 30.3 Å². The molecule has 0 spiro atoms. The highest BCUT2D eigenvalue weighted by molar-refractivity contribution is 7.10. The van der Waals surface area contributed by atoms with E-state index in [1.807, 2.05) is 24.6 Å². The molecule has 12 heteroatoms. The molecule has 11 nitrogen and oxygen atoms in total. The van der Waals surface area contributed by atoms with Crippen LogP contribution in [0, 0.1) is 23.2 Å². The zero-order valence-electron chi connectivity index (χ0n) is 31.9. The van der Waals surface area contributed by atoms with Gasteiger partial charge in [-0.3, -0.25) is 24.4 Å². The van der Waals surface area contributed by atoms with Gasteiger partial charge in [0, 0.05) is 71.6 Å². The summed E-state index contributed by atoms with van der Waals surface area (Å²) in [6, 6.07) is 9.12. The monoisotopic (exact) mass is 740 g/mol. The zero-order chi connectivity index (χ0) is 37.6. The molecule has 1 unspecified atom stereocenters. The summed E-state index contributed by atoms with van der Waals surface area (Å²) in [5.41, 5.74) is 9.76. The maximum absolute atomic E-state index is 14.1. The molecule has 1 saturated carbocycles. The number of carbonyl (C=O) groups is 3. The SMILES string of the molecule is CCCn1c(-c2cccnc2[C@H](C)OC)c2c3cc(ccc31)-c1csc(n1)C[C@H](NC(=O)C1[C@@H](C)[C@H]1C)C(=O)N1CCC[C@H](N1)C(=O)OCC(C)(C)C2. The molecule has 1 aromatic carbocycles. The van der Waals surface area contributed by atoms with Gasteiger partial charge in [-0.05, 0) is 74.3 Å². The van der Waals surface area contributed by atoms with Crippen molar-refractivity contribution in [2.45, 2.75) is 98.4 Å². The third kappa shape index (κ3) is 7.37. The molecule has 6 atom stereocenters. The standard InChI is InChI=1S/C41H52N6O5S/c1-8-16-46-33-14-13-26-18-28(33)29(37(46)27-11-9-15-42-36(27)25(4)51-7)20-41(5,6)22-52-40(50)30-12-10-17-47(45-30)39(49)31(19-34-43-32(26)21-53-34)44-38(48)35-23(2)24(35)3/h9,11,13-15,18,21,23-25,30-31,35,45H,8,10,12,16-17,19-20,22H2,1-7H3,(H,44,48)/t23-,24+,25-,30-,31-,35?/m0/s1. The number of hydrogen-bond acceptors (Lipinski definition) is 9. The van der Waals surface area contributed by atoms with Gasteiger partial charge in [0.05, 0.1) is 34.8 Å². The van der Waals surface area contributed by atoms with Crippen LogP contribution in [0.4, 0.5) is 0 Å². The number of amides is 2. The summed E-state index contributed by atoms with van der Waals surface area (Å²) in [6.07, 6.45) is 4.59. The molecule has 53 heavy (non-hydrogen) atoms. The van der Waals surface area contributed by atoms with Crippen LogP contribution >= 0.6 is 11.3 Å². The second-order valence-corrected chi connectivity index (χ2v) is 16.9. The highest BCUT2D eigenvalue weighted by Crippen LogP contribution is 2.46. The summed E-state index contributed by atoms with van der Waals surface area (Å²) in [5.74, 6) is -0.347. The van der Waals surface area contributed by atoms with Gasteiger partial charge in [-0.25, -0.2) is 10.4 Å². The minimum Gasteiger partial charge on any atom is -0.464 e. The van der Waals surface area contributed by atoms with Gasteiger partial charge in [-0.15, -0.1) is 11.3 Å². The first kappa shape index (κ1) is 37.2. The lowest BCUT2D eigenvalue weighted by Crippen LogP contribution is -2.60. The molecule has 1 aliphatic carbocycles. The number of ether oxygens (including phenoxy) is 2. The molecule has 1 saturated heterocycles. The molecule has 7 rings (SSSR count). The third-order valence-electron chi connectivity index (χ3n) is 11.4. The molecule has 2 amide bonds. The van der Waals surface area contributed by atoms with Crippen molar-refractivity contribution >= 4 is 40.0 Å². The molecule has 3 aromatic heterocycles. The van der Waals surface area contributed by atoms with Crippen LogP contribution in [-0.4, -0.2) is 69.7 Å². The molecule has 2 N–H and O–H groups in total. The number of nitrogens with zero attached hydrogens (tertiary/aromatic N) is 4. The summed E-state index contributed by atoms with van der Waals surface area (Å²) in [7, 11) is 1.71. The molecule has 282 valence electrons. The molecule has 2 aliphatic heterocycles. The predicted molar refractivity (Wildman–Crippen MR) is 206 cm³/mol. The number of carbonyl (C=O) groups excluding carboxylic acids is 3. The van der Waals surface area contributed by atoms with E-state index in [4.69, 9.17) is 19.4 Å². The number of benzene rings is 1. The highest BCUT2D eigenvalue weighted by atomic mass is 32.1. The van der Waals surface area contributed by atoms with Gasteiger partial charge in [-0.2, -0.15) is 0 Å². The molecule has 6 bridgehead atoms. The maximum Gasteiger partial charge on any atom is 0.324 e. The van der Waals surface area contributed by atoms with Crippen molar-refractivity contribution in [2.75, 3.05) is 20.3 Å². The van der Waals surface area contributed by atoms with E-state index in [-0.39, 0.29) is 54.7 Å². The Kier molecular flexibility index (Phi) is 10.5. The highest BCUT2D eigenvalue weighted by Gasteiger charge is 2.49. The van der Waals surface area contributed by atoms with Crippen molar-refractivity contribution in [3.05, 3.63) is 58.2 Å². The van der Waals surface area contributed by atoms with Crippen molar-refractivity contribution in [1.29, 1.82) is 0 Å². The van der Waals surface area contributed by atoms with Gasteiger partial charge in [0.15, 0.2) is 0 Å². The maximum atomic E-state index is 14.1. The Bertz CT molecular complexity index is 2010. The smallest absolute Gasteiger partial charge is 0.324 e. The largest absolute Gasteiger partial charge is 0.464 e. The van der Waals surface area contributed by atoms with Crippen molar-refractivity contribution in [3.8, 4) is 22.5 Å². The van der Waals surface area contributed by atoms with E-state index in [9.17, 15) is 14.4 Å². The number of aromatic nitrogens is 3. The van der Waals surface area contributed by atoms with Gasteiger partial charge in [0.1, 0.15) is 12.1 Å². The van der Waals surface area contributed by atoms with Crippen LogP contribution in [0.15, 0.2) is 41.9 Å². The summed E-state index contributed by atoms with van der Waals surface area (Å²) in [4.78, 5) is 51.0. The Morgan fingerprint density at radius 2 is 2.00 bits per heavy atom. The molecule has 3 aliphatic rings. The Morgan fingerprint density at radius 3 is 2.74 bits per heavy atom. The van der Waals surface area contributed by atoms with Gasteiger partial charge < -0.3 is 19.4 Å². The Hall–Kier alpha value is -4.13. The van der Waals surface area contributed by atoms with Crippen LogP contribution in [0.5, 0.6) is 0 Å². The minimum atomic E-state index is -0.829. The lowest BCUT2D eigenvalue weighted by molar-refractivity contribution is -0.155. The summed E-state index contributed by atoms with van der Waals surface area (Å²) in [6.45, 7) is 14.0. The number of methoxy groups -OCH3 is 1. The van der Waals surface area contributed by atoms with E-state index in [2.05, 4.69) is 74.2 Å². The van der Waals surface area contributed by atoms with E-state index < -0.39 is 17.5 Å². The fourth-order valence-electron chi connectivity index (χ4n) is 8.10. The van der Waals surface area contributed by atoms with Crippen LogP contribution in [-0.2, 0) is 43.2 Å². The van der Waals surface area contributed by atoms with Crippen LogP contribution in [0.3, 0.4) is 0 Å². The van der Waals surface area contributed by atoms with Crippen molar-refractivity contribution < 1.29 is 23.9 Å². The number of rotatable bonds is 7. The number of nitrogens with one attached hydrogen (secondary N) is 2. The van der Waals surface area contributed by atoms with E-state index in [0.717, 1.165) is 62.6 Å². The van der Waals surface area contributed by atoms with E-state index in [0.29, 0.717) is 25.8 Å². The number of thiazole rings is 1. The fourth-order valence-corrected chi connectivity index (χ4v) is 8.95. The van der Waals surface area contributed by atoms with Crippen molar-refractivity contribution in [2.24, 2.45) is 23.2 Å². The second kappa shape index (κ2) is 14.9. The van der Waals surface area contributed by atoms with E-state index in [1.54, 1.807) is 7.11 Å². The van der Waals surface area contributed by atoms with E-state index >= 15 is 0 Å². The van der Waals surface area contributed by atoms with E-state index in [1.165, 1.54) is 16.3 Å². The van der Waals surface area contributed by atoms with Gasteiger partial charge in [0.2, 0.25) is 5.91 Å². The quantitative estimate of drug-likeness (QED) is 0.206. The van der Waals surface area contributed by atoms with Crippen LogP contribution in [0.1, 0.15) is 83.2 Å². The molecule has 2 fully saturated rings. The minimum absolute atomic E-state index is 0.112. The summed E-state index contributed by atoms with van der Waals surface area (Å²) >= 11 is 1.49. The average molecular weight is 741 g/mol. The Balaban J connectivity index is 1.36. The number of hydrogen-bond donors (Lipinski definition) is 2. The number of cyclic esters (lactones) is 1.